The predicted molar refractivity (Wildman–Crippen MR) is 100 cm³/mol. The molecule has 2 aromatic carbocycles. The van der Waals surface area contributed by atoms with Gasteiger partial charge in [0, 0.05) is 28.5 Å². The van der Waals surface area contributed by atoms with Gasteiger partial charge in [0.25, 0.3) is 0 Å². The molecule has 0 spiro atoms. The lowest BCUT2D eigenvalue weighted by Crippen LogP contribution is -2.28. The first-order chi connectivity index (χ1) is 12.0. The van der Waals surface area contributed by atoms with Gasteiger partial charge < -0.3 is 10.6 Å². The maximum absolute atomic E-state index is 12.1. The Morgan fingerprint density at radius 2 is 1.88 bits per heavy atom. The van der Waals surface area contributed by atoms with E-state index in [9.17, 15) is 4.79 Å². The lowest BCUT2D eigenvalue weighted by Gasteiger charge is -2.09. The van der Waals surface area contributed by atoms with E-state index >= 15 is 0 Å². The largest absolute Gasteiger partial charge is 0.334 e. The second kappa shape index (κ2) is 7.40. The lowest BCUT2D eigenvalue weighted by molar-refractivity contribution is 0.251. The minimum atomic E-state index is -0.284. The zero-order valence-corrected chi connectivity index (χ0v) is 14.8. The summed E-state index contributed by atoms with van der Waals surface area (Å²) in [6.45, 7) is 4.34. The third-order valence-corrected chi connectivity index (χ3v) is 4.19. The molecular weight excluding hydrogens is 336 g/mol. The number of halogens is 1. The van der Waals surface area contributed by atoms with Crippen molar-refractivity contribution in [1.82, 2.24) is 15.1 Å². The highest BCUT2D eigenvalue weighted by Crippen LogP contribution is 2.18. The molecule has 0 atom stereocenters. The molecule has 25 heavy (non-hydrogen) atoms. The first kappa shape index (κ1) is 17.0. The lowest BCUT2D eigenvalue weighted by atomic mass is 10.2. The summed E-state index contributed by atoms with van der Waals surface area (Å²) in [7, 11) is 0. The van der Waals surface area contributed by atoms with Gasteiger partial charge in [0.05, 0.1) is 11.4 Å². The van der Waals surface area contributed by atoms with Crippen LogP contribution < -0.4 is 10.6 Å². The van der Waals surface area contributed by atoms with Crippen molar-refractivity contribution in [3.8, 4) is 5.69 Å². The average Bonchev–Trinajstić information content (AvgIpc) is 2.88. The fourth-order valence-corrected chi connectivity index (χ4v) is 2.85. The van der Waals surface area contributed by atoms with Crippen LogP contribution in [-0.4, -0.2) is 15.8 Å². The van der Waals surface area contributed by atoms with Crippen molar-refractivity contribution in [2.24, 2.45) is 0 Å². The molecule has 1 heterocycles. The van der Waals surface area contributed by atoms with Crippen molar-refractivity contribution in [2.45, 2.75) is 20.4 Å². The van der Waals surface area contributed by atoms with Crippen molar-refractivity contribution in [3.05, 3.63) is 76.6 Å². The summed E-state index contributed by atoms with van der Waals surface area (Å²) < 4.78 is 1.89. The first-order valence-corrected chi connectivity index (χ1v) is 8.33. The van der Waals surface area contributed by atoms with Crippen LogP contribution in [-0.2, 0) is 6.54 Å². The fourth-order valence-electron chi connectivity index (χ4n) is 2.66. The van der Waals surface area contributed by atoms with Gasteiger partial charge in [-0.2, -0.15) is 5.10 Å². The number of para-hydroxylation sites is 1. The Morgan fingerprint density at radius 3 is 2.60 bits per heavy atom. The van der Waals surface area contributed by atoms with E-state index in [1.807, 2.05) is 48.9 Å². The van der Waals surface area contributed by atoms with Gasteiger partial charge in [-0.1, -0.05) is 35.9 Å². The maximum Gasteiger partial charge on any atom is 0.319 e. The van der Waals surface area contributed by atoms with E-state index < -0.39 is 0 Å². The smallest absolute Gasteiger partial charge is 0.319 e. The van der Waals surface area contributed by atoms with Crippen LogP contribution in [0.3, 0.4) is 0 Å². The van der Waals surface area contributed by atoms with E-state index in [0.29, 0.717) is 17.3 Å². The molecule has 5 nitrogen and oxygen atoms in total. The molecule has 1 aromatic heterocycles. The molecule has 0 aliphatic carbocycles. The summed E-state index contributed by atoms with van der Waals surface area (Å²) in [5, 5.41) is 10.8. The highest BCUT2D eigenvalue weighted by atomic mass is 35.5. The summed E-state index contributed by atoms with van der Waals surface area (Å²) in [6, 6.07) is 16.7. The van der Waals surface area contributed by atoms with Crippen LogP contribution in [0.25, 0.3) is 5.69 Å². The maximum atomic E-state index is 12.1. The molecular formula is C19H19ClN4O. The zero-order chi connectivity index (χ0) is 17.8. The number of nitrogens with zero attached hydrogens (tertiary/aromatic N) is 2. The standard InChI is InChI=1S/C19H19ClN4O/c1-13-18(14(2)24(23-13)17-9-4-3-5-10-17)12-21-19(25)22-16-8-6-7-15(20)11-16/h3-11H,12H2,1-2H3,(H2,21,22,25). The number of benzene rings is 2. The Morgan fingerprint density at radius 1 is 1.12 bits per heavy atom. The Bertz CT molecular complexity index is 890. The monoisotopic (exact) mass is 354 g/mol. The SMILES string of the molecule is Cc1nn(-c2ccccc2)c(C)c1CNC(=O)Nc1cccc(Cl)c1. The minimum absolute atomic E-state index is 0.284. The number of anilines is 1. The molecule has 3 aromatic rings. The molecule has 0 fully saturated rings. The van der Waals surface area contributed by atoms with Gasteiger partial charge in [-0.05, 0) is 44.2 Å². The second-order valence-electron chi connectivity index (χ2n) is 5.71. The summed E-state index contributed by atoms with van der Waals surface area (Å²) in [4.78, 5) is 12.1. The van der Waals surface area contributed by atoms with Gasteiger partial charge in [0.2, 0.25) is 0 Å². The van der Waals surface area contributed by atoms with Crippen molar-refractivity contribution >= 4 is 23.3 Å². The Kier molecular flexibility index (Phi) is 5.05. The molecule has 0 unspecified atom stereocenters. The molecule has 6 heteroatoms. The first-order valence-electron chi connectivity index (χ1n) is 7.95. The summed E-state index contributed by atoms with van der Waals surface area (Å²) in [5.74, 6) is 0. The topological polar surface area (TPSA) is 59.0 Å². The van der Waals surface area contributed by atoms with Crippen LogP contribution in [0.15, 0.2) is 54.6 Å². The van der Waals surface area contributed by atoms with E-state index in [1.165, 1.54) is 0 Å². The molecule has 0 aliphatic rings. The molecule has 3 rings (SSSR count). The number of amides is 2. The number of hydrogen-bond acceptors (Lipinski definition) is 2. The number of hydrogen-bond donors (Lipinski definition) is 2. The van der Waals surface area contributed by atoms with Gasteiger partial charge in [0.15, 0.2) is 0 Å². The number of nitrogens with one attached hydrogen (secondary N) is 2. The van der Waals surface area contributed by atoms with Crippen molar-refractivity contribution in [2.75, 3.05) is 5.32 Å². The normalized spacial score (nSPS) is 10.5. The zero-order valence-electron chi connectivity index (χ0n) is 14.1. The van der Waals surface area contributed by atoms with Crippen LogP contribution in [0, 0.1) is 13.8 Å². The van der Waals surface area contributed by atoms with Crippen LogP contribution in [0.5, 0.6) is 0 Å². The third kappa shape index (κ3) is 4.00. The van der Waals surface area contributed by atoms with Crippen molar-refractivity contribution in [1.29, 1.82) is 0 Å². The Balaban J connectivity index is 1.69. The van der Waals surface area contributed by atoms with E-state index in [-0.39, 0.29) is 6.03 Å². The Hall–Kier alpha value is -2.79. The second-order valence-corrected chi connectivity index (χ2v) is 6.15. The predicted octanol–water partition coefficient (Wildman–Crippen LogP) is 4.46. The molecule has 0 saturated heterocycles. The highest BCUT2D eigenvalue weighted by molar-refractivity contribution is 6.30. The molecule has 0 saturated carbocycles. The molecule has 0 bridgehead atoms. The number of urea groups is 1. The van der Waals surface area contributed by atoms with Crippen LogP contribution in [0.2, 0.25) is 5.02 Å². The summed E-state index contributed by atoms with van der Waals surface area (Å²) in [6.07, 6.45) is 0. The molecule has 2 N–H and O–H groups in total. The molecule has 0 aliphatic heterocycles. The molecule has 2 amide bonds. The molecule has 128 valence electrons. The van der Waals surface area contributed by atoms with E-state index in [1.54, 1.807) is 24.3 Å². The van der Waals surface area contributed by atoms with Gasteiger partial charge in [-0.15, -0.1) is 0 Å². The fraction of sp³-hybridized carbons (Fsp3) is 0.158. The van der Waals surface area contributed by atoms with Gasteiger partial charge in [-0.3, -0.25) is 0 Å². The van der Waals surface area contributed by atoms with E-state index in [4.69, 9.17) is 11.6 Å². The number of aromatic nitrogens is 2. The number of rotatable bonds is 4. The van der Waals surface area contributed by atoms with Crippen LogP contribution in [0.4, 0.5) is 10.5 Å². The quantitative estimate of drug-likeness (QED) is 0.726. The van der Waals surface area contributed by atoms with Crippen LogP contribution >= 0.6 is 11.6 Å². The Labute approximate surface area is 151 Å². The van der Waals surface area contributed by atoms with Gasteiger partial charge in [-0.25, -0.2) is 9.48 Å². The van der Waals surface area contributed by atoms with Gasteiger partial charge in [0.1, 0.15) is 0 Å². The van der Waals surface area contributed by atoms with Crippen LogP contribution in [0.1, 0.15) is 17.0 Å². The van der Waals surface area contributed by atoms with Gasteiger partial charge >= 0.3 is 6.03 Å². The van der Waals surface area contributed by atoms with E-state index in [2.05, 4.69) is 15.7 Å². The minimum Gasteiger partial charge on any atom is -0.334 e. The summed E-state index contributed by atoms with van der Waals surface area (Å²) >= 11 is 5.92. The number of carbonyl (C=O) groups is 1. The third-order valence-electron chi connectivity index (χ3n) is 3.95. The number of carbonyl (C=O) groups excluding carboxylic acids is 1. The number of aryl methyl sites for hydroxylation is 1. The highest BCUT2D eigenvalue weighted by Gasteiger charge is 2.13. The van der Waals surface area contributed by atoms with E-state index in [0.717, 1.165) is 22.6 Å². The van der Waals surface area contributed by atoms with Crippen molar-refractivity contribution in [3.63, 3.8) is 0 Å². The average molecular weight is 355 g/mol. The summed E-state index contributed by atoms with van der Waals surface area (Å²) in [5.41, 5.74) is 4.55. The van der Waals surface area contributed by atoms with Crippen molar-refractivity contribution < 1.29 is 4.79 Å². The molecule has 0 radical (unpaired) electrons.